The molecule has 2 N–H and O–H groups in total. The number of pyridine rings is 1. The number of aryl methyl sites for hydroxylation is 1. The molecular weight excluding hydrogens is 366 g/mol. The number of fused-ring (bicyclic) bond motifs is 1. The number of carbonyl (C=O) groups excluding carboxylic acids is 1. The van der Waals surface area contributed by atoms with Gasteiger partial charge in [-0.2, -0.15) is 5.10 Å². The fourth-order valence-corrected chi connectivity index (χ4v) is 4.26. The Morgan fingerprint density at radius 2 is 2.10 bits per heavy atom. The molecule has 5 rings (SSSR count). The maximum absolute atomic E-state index is 12.6. The van der Waals surface area contributed by atoms with Gasteiger partial charge in [-0.3, -0.25) is 9.48 Å². The van der Waals surface area contributed by atoms with Crippen molar-refractivity contribution in [3.8, 4) is 11.1 Å². The monoisotopic (exact) mass is 391 g/mol. The topological polar surface area (TPSA) is 81.1 Å². The van der Waals surface area contributed by atoms with E-state index in [1.165, 1.54) is 0 Å². The lowest BCUT2D eigenvalue weighted by Crippen LogP contribution is -2.48. The quantitative estimate of drug-likeness (QED) is 0.715. The molecule has 1 aliphatic heterocycles. The first-order valence-electron chi connectivity index (χ1n) is 10.2. The van der Waals surface area contributed by atoms with Crippen molar-refractivity contribution in [2.75, 3.05) is 25.0 Å². The fraction of sp³-hybridized carbons (Fsp3) is 0.409. The van der Waals surface area contributed by atoms with Crippen LogP contribution >= 0.6 is 0 Å². The molecule has 7 nitrogen and oxygen atoms in total. The van der Waals surface area contributed by atoms with Gasteiger partial charge in [-0.15, -0.1) is 0 Å². The number of amides is 1. The van der Waals surface area contributed by atoms with Gasteiger partial charge in [0.2, 0.25) is 5.91 Å². The van der Waals surface area contributed by atoms with E-state index in [9.17, 15) is 4.79 Å². The fourth-order valence-electron chi connectivity index (χ4n) is 4.26. The van der Waals surface area contributed by atoms with Gasteiger partial charge in [0.15, 0.2) is 0 Å². The molecule has 2 fully saturated rings. The molecule has 7 heteroatoms. The molecule has 1 saturated heterocycles. The molecule has 1 aromatic carbocycles. The highest BCUT2D eigenvalue weighted by atomic mass is 16.5. The van der Waals surface area contributed by atoms with Gasteiger partial charge < -0.3 is 15.4 Å². The zero-order valence-corrected chi connectivity index (χ0v) is 16.5. The van der Waals surface area contributed by atoms with Crippen molar-refractivity contribution in [1.29, 1.82) is 0 Å². The number of nitrogens with zero attached hydrogens (tertiary/aromatic N) is 3. The first kappa shape index (κ1) is 18.3. The van der Waals surface area contributed by atoms with Crippen LogP contribution in [-0.4, -0.2) is 46.5 Å². The van der Waals surface area contributed by atoms with Crippen molar-refractivity contribution in [2.45, 2.75) is 18.9 Å². The molecule has 1 aliphatic carbocycles. The summed E-state index contributed by atoms with van der Waals surface area (Å²) in [5.74, 6) is 1.18. The summed E-state index contributed by atoms with van der Waals surface area (Å²) in [5, 5.41) is 12.7. The van der Waals surface area contributed by atoms with Crippen molar-refractivity contribution < 1.29 is 9.53 Å². The molecule has 0 bridgehead atoms. The van der Waals surface area contributed by atoms with Crippen LogP contribution in [0.2, 0.25) is 0 Å². The van der Waals surface area contributed by atoms with E-state index in [2.05, 4.69) is 32.8 Å². The molecule has 29 heavy (non-hydrogen) atoms. The molecule has 2 aromatic heterocycles. The van der Waals surface area contributed by atoms with Crippen molar-refractivity contribution >= 4 is 22.5 Å². The first-order chi connectivity index (χ1) is 14.2. The lowest BCUT2D eigenvalue weighted by Gasteiger charge is -2.40. The van der Waals surface area contributed by atoms with E-state index in [1.807, 2.05) is 37.8 Å². The number of anilines is 1. The lowest BCUT2D eigenvalue weighted by molar-refractivity contribution is -0.127. The Morgan fingerprint density at radius 1 is 1.21 bits per heavy atom. The van der Waals surface area contributed by atoms with Crippen LogP contribution in [0.5, 0.6) is 0 Å². The third-order valence-electron chi connectivity index (χ3n) is 6.04. The molecule has 150 valence electrons. The summed E-state index contributed by atoms with van der Waals surface area (Å²) in [4.78, 5) is 17.1. The number of hydrogen-bond donors (Lipinski definition) is 2. The Kier molecular flexibility index (Phi) is 4.77. The predicted molar refractivity (Wildman–Crippen MR) is 111 cm³/mol. The first-order valence-corrected chi connectivity index (χ1v) is 10.2. The molecule has 0 radical (unpaired) electrons. The summed E-state index contributed by atoms with van der Waals surface area (Å²) in [7, 11) is 1.91. The van der Waals surface area contributed by atoms with E-state index < -0.39 is 0 Å². The van der Waals surface area contributed by atoms with Gasteiger partial charge in [-0.05, 0) is 41.8 Å². The number of benzene rings is 1. The summed E-state index contributed by atoms with van der Waals surface area (Å²) in [6.45, 7) is 2.58. The Hall–Kier alpha value is -2.77. The van der Waals surface area contributed by atoms with Crippen molar-refractivity contribution in [1.82, 2.24) is 20.1 Å². The number of hydrogen-bond acceptors (Lipinski definition) is 5. The van der Waals surface area contributed by atoms with Gasteiger partial charge >= 0.3 is 0 Å². The molecular formula is C22H25N5O2. The van der Waals surface area contributed by atoms with Crippen LogP contribution in [-0.2, 0) is 16.6 Å². The molecule has 3 heterocycles. The molecule has 2 aliphatic rings. The van der Waals surface area contributed by atoms with E-state index in [-0.39, 0.29) is 17.9 Å². The van der Waals surface area contributed by atoms with Crippen LogP contribution in [0.3, 0.4) is 0 Å². The Labute approximate surface area is 169 Å². The largest absolute Gasteiger partial charge is 0.375 e. The van der Waals surface area contributed by atoms with Gasteiger partial charge in [0.25, 0.3) is 0 Å². The van der Waals surface area contributed by atoms with Crippen LogP contribution in [0.15, 0.2) is 42.9 Å². The SMILES string of the molecule is Cn1cc(-c2ccc3cnc(NC(=O)[C@H]4C[C@H](C5CNCCO5)C4)cc3c2)cn1. The number of aromatic nitrogens is 3. The Morgan fingerprint density at radius 3 is 2.86 bits per heavy atom. The molecule has 0 spiro atoms. The highest BCUT2D eigenvalue weighted by Gasteiger charge is 2.40. The molecule has 1 unspecified atom stereocenters. The Balaban J connectivity index is 1.26. The smallest absolute Gasteiger partial charge is 0.228 e. The van der Waals surface area contributed by atoms with Crippen LogP contribution in [0, 0.1) is 11.8 Å². The summed E-state index contributed by atoms with van der Waals surface area (Å²) in [6, 6.07) is 8.16. The highest BCUT2D eigenvalue weighted by molar-refractivity contribution is 5.95. The zero-order valence-electron chi connectivity index (χ0n) is 16.5. The standard InChI is InChI=1S/C22H25N5O2/c1-27-13-19(11-25-27)14-2-3-15-10-24-21(9-16(15)6-14)26-22(28)18-7-17(8-18)20-12-23-4-5-29-20/h2-3,6,9-11,13,17-18,20,23H,4-5,7-8,12H2,1H3,(H,24,26,28)/t17-,18-,20?. The average molecular weight is 391 g/mol. The van der Waals surface area contributed by atoms with E-state index in [1.54, 1.807) is 4.68 Å². The van der Waals surface area contributed by atoms with E-state index in [0.717, 1.165) is 54.4 Å². The Bertz CT molecular complexity index is 1030. The minimum Gasteiger partial charge on any atom is -0.375 e. The van der Waals surface area contributed by atoms with Crippen molar-refractivity contribution in [2.24, 2.45) is 18.9 Å². The van der Waals surface area contributed by atoms with Crippen molar-refractivity contribution in [3.05, 3.63) is 42.9 Å². The second-order valence-electron chi connectivity index (χ2n) is 8.07. The number of ether oxygens (including phenoxy) is 1. The molecule has 1 atom stereocenters. The maximum atomic E-state index is 12.6. The van der Waals surface area contributed by atoms with Crippen LogP contribution < -0.4 is 10.6 Å². The van der Waals surface area contributed by atoms with E-state index in [0.29, 0.717) is 11.7 Å². The van der Waals surface area contributed by atoms with Crippen LogP contribution in [0.25, 0.3) is 21.9 Å². The predicted octanol–water partition coefficient (Wildman–Crippen LogP) is 2.59. The molecule has 1 saturated carbocycles. The second kappa shape index (κ2) is 7.57. The van der Waals surface area contributed by atoms with Crippen LogP contribution in [0.4, 0.5) is 5.82 Å². The normalized spacial score (nSPS) is 24.2. The maximum Gasteiger partial charge on any atom is 0.228 e. The van der Waals surface area contributed by atoms with Gasteiger partial charge in [0.1, 0.15) is 5.82 Å². The summed E-state index contributed by atoms with van der Waals surface area (Å²) >= 11 is 0. The number of nitrogens with one attached hydrogen (secondary N) is 2. The van der Waals surface area contributed by atoms with Gasteiger partial charge in [0, 0.05) is 49.4 Å². The number of rotatable bonds is 4. The zero-order chi connectivity index (χ0) is 19.8. The highest BCUT2D eigenvalue weighted by Crippen LogP contribution is 2.38. The minimum atomic E-state index is 0.0461. The van der Waals surface area contributed by atoms with Gasteiger partial charge in [-0.25, -0.2) is 4.98 Å². The van der Waals surface area contributed by atoms with Crippen molar-refractivity contribution in [3.63, 3.8) is 0 Å². The second-order valence-corrected chi connectivity index (χ2v) is 8.07. The summed E-state index contributed by atoms with van der Waals surface area (Å²) in [6.07, 6.45) is 7.67. The average Bonchev–Trinajstić information content (AvgIpc) is 3.13. The molecule has 3 aromatic rings. The van der Waals surface area contributed by atoms with E-state index in [4.69, 9.17) is 4.74 Å². The lowest BCUT2D eigenvalue weighted by atomic mass is 9.71. The summed E-state index contributed by atoms with van der Waals surface area (Å²) < 4.78 is 7.60. The molecule has 1 amide bonds. The minimum absolute atomic E-state index is 0.0461. The van der Waals surface area contributed by atoms with E-state index >= 15 is 0 Å². The number of carbonyl (C=O) groups is 1. The van der Waals surface area contributed by atoms with Gasteiger partial charge in [0.05, 0.1) is 18.9 Å². The number of morpholine rings is 1. The third-order valence-corrected chi connectivity index (χ3v) is 6.04. The van der Waals surface area contributed by atoms with Gasteiger partial charge in [-0.1, -0.05) is 12.1 Å². The third kappa shape index (κ3) is 3.75. The van der Waals surface area contributed by atoms with Crippen LogP contribution in [0.1, 0.15) is 12.8 Å². The summed E-state index contributed by atoms with van der Waals surface area (Å²) in [5.41, 5.74) is 2.16.